The van der Waals surface area contributed by atoms with Gasteiger partial charge >= 0.3 is 6.09 Å². The van der Waals surface area contributed by atoms with Crippen molar-refractivity contribution in [3.63, 3.8) is 0 Å². The molecule has 1 aliphatic rings. The highest BCUT2D eigenvalue weighted by Crippen LogP contribution is 2.24. The summed E-state index contributed by atoms with van der Waals surface area (Å²) in [6.07, 6.45) is 4.88. The third kappa shape index (κ3) is 5.20. The molecular formula is C19H31N3O2. The van der Waals surface area contributed by atoms with Gasteiger partial charge in [-0.1, -0.05) is 6.07 Å². The van der Waals surface area contributed by atoms with E-state index in [1.54, 1.807) is 0 Å². The molecule has 0 N–H and O–H groups in total. The van der Waals surface area contributed by atoms with E-state index in [1.807, 2.05) is 50.1 Å². The van der Waals surface area contributed by atoms with E-state index in [9.17, 15) is 4.79 Å². The van der Waals surface area contributed by atoms with Crippen LogP contribution in [0.5, 0.6) is 0 Å². The molecule has 5 heteroatoms. The van der Waals surface area contributed by atoms with Gasteiger partial charge in [-0.15, -0.1) is 0 Å². The van der Waals surface area contributed by atoms with E-state index in [1.165, 1.54) is 0 Å². The molecule has 0 aromatic carbocycles. The predicted octanol–water partition coefficient (Wildman–Crippen LogP) is 3.86. The molecule has 0 spiro atoms. The number of hydrogen-bond donors (Lipinski definition) is 0. The lowest BCUT2D eigenvalue weighted by Gasteiger charge is -2.39. The Morgan fingerprint density at radius 3 is 2.79 bits per heavy atom. The molecule has 0 saturated carbocycles. The van der Waals surface area contributed by atoms with E-state index < -0.39 is 5.60 Å². The molecule has 1 fully saturated rings. The number of piperidine rings is 1. The second-order valence-electron chi connectivity index (χ2n) is 7.69. The van der Waals surface area contributed by atoms with E-state index >= 15 is 0 Å². The quantitative estimate of drug-likeness (QED) is 0.839. The van der Waals surface area contributed by atoms with Crippen LogP contribution < -0.4 is 0 Å². The van der Waals surface area contributed by atoms with Crippen LogP contribution in [0.1, 0.15) is 58.7 Å². The second-order valence-corrected chi connectivity index (χ2v) is 7.69. The molecule has 134 valence electrons. The van der Waals surface area contributed by atoms with Crippen LogP contribution in [-0.2, 0) is 4.74 Å². The zero-order chi connectivity index (χ0) is 17.7. The molecule has 1 amide bonds. The zero-order valence-electron chi connectivity index (χ0n) is 15.7. The van der Waals surface area contributed by atoms with E-state index in [4.69, 9.17) is 4.74 Å². The van der Waals surface area contributed by atoms with Gasteiger partial charge in [0.25, 0.3) is 0 Å². The number of amides is 1. The fraction of sp³-hybridized carbons (Fsp3) is 0.684. The highest BCUT2D eigenvalue weighted by Gasteiger charge is 2.31. The van der Waals surface area contributed by atoms with Crippen molar-refractivity contribution in [2.75, 3.05) is 20.1 Å². The minimum atomic E-state index is -0.452. The molecule has 24 heavy (non-hydrogen) atoms. The van der Waals surface area contributed by atoms with Gasteiger partial charge in [-0.3, -0.25) is 9.88 Å². The zero-order valence-corrected chi connectivity index (χ0v) is 15.7. The van der Waals surface area contributed by atoms with Crippen molar-refractivity contribution in [3.05, 3.63) is 30.1 Å². The largest absolute Gasteiger partial charge is 0.444 e. The van der Waals surface area contributed by atoms with Gasteiger partial charge in [0.1, 0.15) is 5.60 Å². The van der Waals surface area contributed by atoms with Crippen LogP contribution >= 0.6 is 0 Å². The van der Waals surface area contributed by atoms with Crippen LogP contribution in [0.2, 0.25) is 0 Å². The molecule has 2 atom stereocenters. The molecular weight excluding hydrogens is 302 g/mol. The summed E-state index contributed by atoms with van der Waals surface area (Å²) in [6, 6.07) is 6.41. The van der Waals surface area contributed by atoms with Gasteiger partial charge in [-0.2, -0.15) is 0 Å². The first-order valence-electron chi connectivity index (χ1n) is 8.89. The molecule has 0 bridgehead atoms. The number of carbonyl (C=O) groups is 1. The topological polar surface area (TPSA) is 45.7 Å². The van der Waals surface area contributed by atoms with Gasteiger partial charge in [-0.25, -0.2) is 4.79 Å². The Kier molecular flexibility index (Phi) is 6.21. The number of hydrogen-bond acceptors (Lipinski definition) is 4. The summed E-state index contributed by atoms with van der Waals surface area (Å²) in [7, 11) is 2.10. The summed E-state index contributed by atoms with van der Waals surface area (Å²) in [5.41, 5.74) is 0.603. The maximum atomic E-state index is 12.5. The summed E-state index contributed by atoms with van der Waals surface area (Å²) in [5.74, 6) is 0. The Bertz CT molecular complexity index is 527. The van der Waals surface area contributed by atoms with Crippen LogP contribution in [0.3, 0.4) is 0 Å². The summed E-state index contributed by atoms with van der Waals surface area (Å²) in [6.45, 7) is 9.52. The average molecular weight is 333 g/mol. The number of aromatic nitrogens is 1. The SMILES string of the molecule is C[C@H](c1ccccn1)N(C)C[C@@H]1CCCCN1C(=O)OC(C)(C)C. The van der Waals surface area contributed by atoms with Crippen molar-refractivity contribution < 1.29 is 9.53 Å². The standard InChI is InChI=1S/C19H31N3O2/c1-15(17-11-6-8-12-20-17)21(5)14-16-10-7-9-13-22(16)18(23)24-19(2,3)4/h6,8,11-12,15-16H,7,9-10,13-14H2,1-5H3/t15-,16+/m1/s1. The van der Waals surface area contributed by atoms with Crippen molar-refractivity contribution in [3.8, 4) is 0 Å². The Labute approximate surface area is 146 Å². The first kappa shape index (κ1) is 18.7. The van der Waals surface area contributed by atoms with Gasteiger partial charge in [0.05, 0.1) is 5.69 Å². The third-order valence-electron chi connectivity index (χ3n) is 4.53. The Hall–Kier alpha value is -1.62. The van der Waals surface area contributed by atoms with Crippen LogP contribution in [-0.4, -0.2) is 52.7 Å². The van der Waals surface area contributed by atoms with E-state index in [0.29, 0.717) is 0 Å². The average Bonchev–Trinajstić information content (AvgIpc) is 2.53. The molecule has 1 saturated heterocycles. The highest BCUT2D eigenvalue weighted by atomic mass is 16.6. The molecule has 0 unspecified atom stereocenters. The fourth-order valence-electron chi connectivity index (χ4n) is 3.09. The number of nitrogens with zero attached hydrogens (tertiary/aromatic N) is 3. The van der Waals surface area contributed by atoms with E-state index in [0.717, 1.165) is 38.0 Å². The monoisotopic (exact) mass is 333 g/mol. The lowest BCUT2D eigenvalue weighted by Crippen LogP contribution is -2.50. The van der Waals surface area contributed by atoms with Crippen LogP contribution in [0.15, 0.2) is 24.4 Å². The van der Waals surface area contributed by atoms with Crippen molar-refractivity contribution >= 4 is 6.09 Å². The number of ether oxygens (including phenoxy) is 1. The van der Waals surface area contributed by atoms with Crippen LogP contribution in [0.4, 0.5) is 4.79 Å². The summed E-state index contributed by atoms with van der Waals surface area (Å²) >= 11 is 0. The van der Waals surface area contributed by atoms with Gasteiger partial charge in [0.15, 0.2) is 0 Å². The van der Waals surface area contributed by atoms with E-state index in [-0.39, 0.29) is 18.2 Å². The molecule has 1 aromatic rings. The van der Waals surface area contributed by atoms with Crippen LogP contribution in [0, 0.1) is 0 Å². The van der Waals surface area contributed by atoms with E-state index in [2.05, 4.69) is 23.9 Å². The third-order valence-corrected chi connectivity index (χ3v) is 4.53. The van der Waals surface area contributed by atoms with Crippen LogP contribution in [0.25, 0.3) is 0 Å². The maximum absolute atomic E-state index is 12.5. The lowest BCUT2D eigenvalue weighted by atomic mass is 10.0. The predicted molar refractivity (Wildman–Crippen MR) is 95.9 cm³/mol. The highest BCUT2D eigenvalue weighted by molar-refractivity contribution is 5.68. The Balaban J connectivity index is 2.01. The van der Waals surface area contributed by atoms with Crippen molar-refractivity contribution in [1.29, 1.82) is 0 Å². The number of rotatable bonds is 4. The molecule has 1 aliphatic heterocycles. The van der Waals surface area contributed by atoms with Gasteiger partial charge < -0.3 is 9.64 Å². The number of likely N-dealkylation sites (N-methyl/N-ethyl adjacent to an activating group) is 1. The summed E-state index contributed by atoms with van der Waals surface area (Å²) < 4.78 is 5.59. The maximum Gasteiger partial charge on any atom is 0.410 e. The molecule has 0 radical (unpaired) electrons. The Morgan fingerprint density at radius 2 is 2.17 bits per heavy atom. The minimum absolute atomic E-state index is 0.189. The molecule has 2 rings (SSSR count). The molecule has 5 nitrogen and oxygen atoms in total. The summed E-state index contributed by atoms with van der Waals surface area (Å²) in [4.78, 5) is 21.2. The van der Waals surface area contributed by atoms with Crippen molar-refractivity contribution in [2.45, 2.75) is 64.6 Å². The number of pyridine rings is 1. The van der Waals surface area contributed by atoms with Crippen molar-refractivity contribution in [2.24, 2.45) is 0 Å². The first-order chi connectivity index (χ1) is 11.3. The van der Waals surface area contributed by atoms with Gasteiger partial charge in [0.2, 0.25) is 0 Å². The number of likely N-dealkylation sites (tertiary alicyclic amines) is 1. The van der Waals surface area contributed by atoms with Gasteiger partial charge in [-0.05, 0) is 66.1 Å². The number of carbonyl (C=O) groups excluding carboxylic acids is 1. The second kappa shape index (κ2) is 7.97. The first-order valence-corrected chi connectivity index (χ1v) is 8.89. The minimum Gasteiger partial charge on any atom is -0.444 e. The molecule has 0 aliphatic carbocycles. The molecule has 1 aromatic heterocycles. The Morgan fingerprint density at radius 1 is 1.42 bits per heavy atom. The summed E-state index contributed by atoms with van der Waals surface area (Å²) in [5, 5.41) is 0. The smallest absolute Gasteiger partial charge is 0.410 e. The van der Waals surface area contributed by atoms with Crippen molar-refractivity contribution in [1.82, 2.24) is 14.8 Å². The lowest BCUT2D eigenvalue weighted by molar-refractivity contribution is 0.00458. The normalized spacial score (nSPS) is 20.1. The van der Waals surface area contributed by atoms with Gasteiger partial charge in [0, 0.05) is 31.4 Å². The molecule has 2 heterocycles. The fourth-order valence-corrected chi connectivity index (χ4v) is 3.09.